The Kier molecular flexibility index (Phi) is 3.55. The number of hydrogen-bond donors (Lipinski definition) is 1. The van der Waals surface area contributed by atoms with Crippen molar-refractivity contribution in [3.63, 3.8) is 0 Å². The van der Waals surface area contributed by atoms with Gasteiger partial charge in [0.15, 0.2) is 0 Å². The molecule has 0 bridgehead atoms. The van der Waals surface area contributed by atoms with Crippen LogP contribution in [0.1, 0.15) is 17.2 Å². The van der Waals surface area contributed by atoms with Crippen molar-refractivity contribution in [1.29, 1.82) is 0 Å². The van der Waals surface area contributed by atoms with E-state index in [1.54, 1.807) is 0 Å². The van der Waals surface area contributed by atoms with Crippen LogP contribution in [0.5, 0.6) is 0 Å². The zero-order valence-corrected chi connectivity index (χ0v) is 11.5. The van der Waals surface area contributed by atoms with Gasteiger partial charge < -0.3 is 10.1 Å². The SMILES string of the molecule is Cc1cnn(-c2cc(Cl)cc(C3COCCN3)c2)c1. The highest BCUT2D eigenvalue weighted by Gasteiger charge is 2.16. The smallest absolute Gasteiger partial charge is 0.0663 e. The van der Waals surface area contributed by atoms with E-state index in [1.807, 2.05) is 36.1 Å². The van der Waals surface area contributed by atoms with Crippen LogP contribution in [-0.2, 0) is 4.74 Å². The molecule has 1 atom stereocenters. The second-order valence-electron chi connectivity index (χ2n) is 4.79. The molecule has 100 valence electrons. The van der Waals surface area contributed by atoms with Crippen LogP contribution in [0.15, 0.2) is 30.6 Å². The van der Waals surface area contributed by atoms with Crippen molar-refractivity contribution < 1.29 is 4.74 Å². The number of morpholine rings is 1. The molecule has 1 aliphatic heterocycles. The highest BCUT2D eigenvalue weighted by molar-refractivity contribution is 6.30. The minimum absolute atomic E-state index is 0.197. The maximum atomic E-state index is 6.22. The van der Waals surface area contributed by atoms with Crippen molar-refractivity contribution >= 4 is 11.6 Å². The molecule has 1 aliphatic rings. The number of benzene rings is 1. The Bertz CT molecular complexity index is 576. The summed E-state index contributed by atoms with van der Waals surface area (Å²) < 4.78 is 7.34. The number of hydrogen-bond acceptors (Lipinski definition) is 3. The zero-order valence-electron chi connectivity index (χ0n) is 10.8. The molecule has 0 spiro atoms. The molecule has 1 aromatic heterocycles. The molecule has 0 radical (unpaired) electrons. The van der Waals surface area contributed by atoms with Crippen LogP contribution in [0.2, 0.25) is 5.02 Å². The summed E-state index contributed by atoms with van der Waals surface area (Å²) >= 11 is 6.22. The van der Waals surface area contributed by atoms with Crippen molar-refractivity contribution in [1.82, 2.24) is 15.1 Å². The first-order valence-corrected chi connectivity index (χ1v) is 6.73. The second kappa shape index (κ2) is 5.33. The number of aromatic nitrogens is 2. The van der Waals surface area contributed by atoms with Gasteiger partial charge in [-0.3, -0.25) is 0 Å². The van der Waals surface area contributed by atoms with E-state index in [0.29, 0.717) is 11.6 Å². The average Bonchev–Trinajstić information content (AvgIpc) is 2.86. The van der Waals surface area contributed by atoms with Gasteiger partial charge in [0.05, 0.1) is 31.1 Å². The number of nitrogens with one attached hydrogen (secondary N) is 1. The average molecular weight is 278 g/mol. The fraction of sp³-hybridized carbons (Fsp3) is 0.357. The lowest BCUT2D eigenvalue weighted by Crippen LogP contribution is -2.34. The molecule has 5 heteroatoms. The molecular weight excluding hydrogens is 262 g/mol. The highest BCUT2D eigenvalue weighted by Crippen LogP contribution is 2.24. The first-order valence-electron chi connectivity index (χ1n) is 6.35. The minimum Gasteiger partial charge on any atom is -0.378 e. The Morgan fingerprint density at radius 1 is 1.42 bits per heavy atom. The van der Waals surface area contributed by atoms with Gasteiger partial charge in [-0.2, -0.15) is 5.10 Å². The normalized spacial score (nSPS) is 19.6. The van der Waals surface area contributed by atoms with Gasteiger partial charge in [-0.15, -0.1) is 0 Å². The summed E-state index contributed by atoms with van der Waals surface area (Å²) in [5, 5.41) is 8.47. The number of nitrogens with zero attached hydrogens (tertiary/aromatic N) is 2. The Balaban J connectivity index is 1.95. The van der Waals surface area contributed by atoms with Gasteiger partial charge >= 0.3 is 0 Å². The van der Waals surface area contributed by atoms with Crippen LogP contribution in [0.25, 0.3) is 5.69 Å². The summed E-state index contributed by atoms with van der Waals surface area (Å²) in [6, 6.07) is 6.20. The molecule has 1 unspecified atom stereocenters. The van der Waals surface area contributed by atoms with E-state index in [1.165, 1.54) is 0 Å². The third-order valence-corrected chi connectivity index (χ3v) is 3.42. The maximum absolute atomic E-state index is 6.22. The fourth-order valence-corrected chi connectivity index (χ4v) is 2.50. The van der Waals surface area contributed by atoms with E-state index in [-0.39, 0.29) is 6.04 Å². The first kappa shape index (κ1) is 12.7. The molecule has 0 aliphatic carbocycles. The molecule has 1 saturated heterocycles. The molecule has 1 aromatic carbocycles. The van der Waals surface area contributed by atoms with Crippen LogP contribution in [-0.4, -0.2) is 29.5 Å². The molecule has 2 aromatic rings. The molecule has 1 N–H and O–H groups in total. The Labute approximate surface area is 117 Å². The predicted molar refractivity (Wildman–Crippen MR) is 74.9 cm³/mol. The van der Waals surface area contributed by atoms with Gasteiger partial charge in [0.2, 0.25) is 0 Å². The molecule has 3 rings (SSSR count). The molecule has 4 nitrogen and oxygen atoms in total. The lowest BCUT2D eigenvalue weighted by Gasteiger charge is -2.24. The highest BCUT2D eigenvalue weighted by atomic mass is 35.5. The molecule has 1 fully saturated rings. The standard InChI is InChI=1S/C14H16ClN3O/c1-10-7-17-18(8-10)13-5-11(4-12(15)6-13)14-9-19-3-2-16-14/h4-8,14,16H,2-3,9H2,1H3. The number of rotatable bonds is 2. The Morgan fingerprint density at radius 3 is 3.00 bits per heavy atom. The van der Waals surface area contributed by atoms with Gasteiger partial charge in [-0.25, -0.2) is 4.68 Å². The molecule has 2 heterocycles. The van der Waals surface area contributed by atoms with Crippen molar-refractivity contribution in [2.75, 3.05) is 19.8 Å². The van der Waals surface area contributed by atoms with Gasteiger partial charge in [0.25, 0.3) is 0 Å². The van der Waals surface area contributed by atoms with Crippen molar-refractivity contribution in [2.45, 2.75) is 13.0 Å². The van der Waals surface area contributed by atoms with E-state index < -0.39 is 0 Å². The molecule has 19 heavy (non-hydrogen) atoms. The largest absolute Gasteiger partial charge is 0.378 e. The van der Waals surface area contributed by atoms with Crippen LogP contribution < -0.4 is 5.32 Å². The van der Waals surface area contributed by atoms with Crippen LogP contribution in [0.3, 0.4) is 0 Å². The molecule has 0 amide bonds. The monoisotopic (exact) mass is 277 g/mol. The summed E-state index contributed by atoms with van der Waals surface area (Å²) in [6.45, 7) is 4.33. The third-order valence-electron chi connectivity index (χ3n) is 3.21. The summed E-state index contributed by atoms with van der Waals surface area (Å²) in [7, 11) is 0. The van der Waals surface area contributed by atoms with Gasteiger partial charge in [0.1, 0.15) is 0 Å². The van der Waals surface area contributed by atoms with E-state index in [2.05, 4.69) is 16.5 Å². The quantitative estimate of drug-likeness (QED) is 0.917. The predicted octanol–water partition coefficient (Wildman–Crippen LogP) is 2.50. The summed E-state index contributed by atoms with van der Waals surface area (Å²) in [4.78, 5) is 0. The van der Waals surface area contributed by atoms with Crippen LogP contribution in [0, 0.1) is 6.92 Å². The van der Waals surface area contributed by atoms with Gasteiger partial charge in [0, 0.05) is 17.8 Å². The second-order valence-corrected chi connectivity index (χ2v) is 5.22. The minimum atomic E-state index is 0.197. The number of halogens is 1. The molecular formula is C14H16ClN3O. The Hall–Kier alpha value is -1.36. The van der Waals surface area contributed by atoms with Crippen molar-refractivity contribution in [2.24, 2.45) is 0 Å². The van der Waals surface area contributed by atoms with Crippen molar-refractivity contribution in [3.05, 3.63) is 46.7 Å². The van der Waals surface area contributed by atoms with E-state index in [9.17, 15) is 0 Å². The Morgan fingerprint density at radius 2 is 2.32 bits per heavy atom. The van der Waals surface area contributed by atoms with Crippen molar-refractivity contribution in [3.8, 4) is 5.69 Å². The number of aryl methyl sites for hydroxylation is 1. The first-order chi connectivity index (χ1) is 9.22. The molecule has 0 saturated carbocycles. The van der Waals surface area contributed by atoms with Gasteiger partial charge in [-0.1, -0.05) is 11.6 Å². The van der Waals surface area contributed by atoms with Crippen LogP contribution >= 0.6 is 11.6 Å². The van der Waals surface area contributed by atoms with E-state index in [4.69, 9.17) is 16.3 Å². The summed E-state index contributed by atoms with van der Waals surface area (Å²) in [5.74, 6) is 0. The lowest BCUT2D eigenvalue weighted by atomic mass is 10.1. The van der Waals surface area contributed by atoms with E-state index in [0.717, 1.165) is 30.0 Å². The third kappa shape index (κ3) is 2.81. The van der Waals surface area contributed by atoms with E-state index >= 15 is 0 Å². The lowest BCUT2D eigenvalue weighted by molar-refractivity contribution is 0.0769. The van der Waals surface area contributed by atoms with Gasteiger partial charge in [-0.05, 0) is 36.2 Å². The zero-order chi connectivity index (χ0) is 13.2. The van der Waals surface area contributed by atoms with Crippen LogP contribution in [0.4, 0.5) is 0 Å². The maximum Gasteiger partial charge on any atom is 0.0663 e. The topological polar surface area (TPSA) is 39.1 Å². The summed E-state index contributed by atoms with van der Waals surface area (Å²) in [6.07, 6.45) is 3.82. The fourth-order valence-electron chi connectivity index (χ4n) is 2.26. The number of ether oxygens (including phenoxy) is 1. The summed E-state index contributed by atoms with van der Waals surface area (Å²) in [5.41, 5.74) is 3.24.